The van der Waals surface area contributed by atoms with Crippen molar-refractivity contribution in [3.63, 3.8) is 0 Å². The Hall–Kier alpha value is -3.42. The highest BCUT2D eigenvalue weighted by Crippen LogP contribution is 2.38. The fourth-order valence-corrected chi connectivity index (χ4v) is 2.19. The van der Waals surface area contributed by atoms with E-state index in [1.807, 2.05) is 0 Å². The molecule has 3 N–H and O–H groups in total. The third kappa shape index (κ3) is 2.69. The Kier molecular flexibility index (Phi) is 3.63. The van der Waals surface area contributed by atoms with Crippen molar-refractivity contribution in [3.05, 3.63) is 52.4 Å². The zero-order chi connectivity index (χ0) is 16.4. The van der Waals surface area contributed by atoms with E-state index >= 15 is 0 Å². The number of para-hydroxylation sites is 1. The van der Waals surface area contributed by atoms with Gasteiger partial charge in [-0.3, -0.25) is 9.59 Å². The molecule has 2 aromatic rings. The van der Waals surface area contributed by atoms with E-state index in [-0.39, 0.29) is 29.3 Å². The number of primary amides is 1. The Morgan fingerprint density at radius 1 is 1.09 bits per heavy atom. The van der Waals surface area contributed by atoms with E-state index in [0.717, 1.165) is 0 Å². The summed E-state index contributed by atoms with van der Waals surface area (Å²) < 4.78 is 10.3. The third-order valence-electron chi connectivity index (χ3n) is 3.27. The Morgan fingerprint density at radius 2 is 1.78 bits per heavy atom. The number of nitrogens with two attached hydrogens (primary N) is 1. The van der Waals surface area contributed by atoms with Crippen LogP contribution in [0.3, 0.4) is 0 Å². The van der Waals surface area contributed by atoms with Crippen molar-refractivity contribution in [1.29, 1.82) is 0 Å². The summed E-state index contributed by atoms with van der Waals surface area (Å²) >= 11 is 0. The van der Waals surface area contributed by atoms with Crippen LogP contribution in [-0.2, 0) is 0 Å². The molecule has 116 valence electrons. The molecule has 2 amide bonds. The number of benzene rings is 2. The maximum atomic E-state index is 12.4. The number of nitrogens with zero attached hydrogens (tertiary/aromatic N) is 1. The summed E-state index contributed by atoms with van der Waals surface area (Å²) in [5, 5.41) is 5.37. The van der Waals surface area contributed by atoms with E-state index in [4.69, 9.17) is 15.2 Å². The summed E-state index contributed by atoms with van der Waals surface area (Å²) in [5.41, 5.74) is 5.56. The maximum Gasteiger partial charge on any atom is 0.258 e. The standard InChI is InChI=1S/C15H11N3O5/c16-14(19)8-3-1-2-4-10(8)17-15(20)9-5-12-13(23-7-22-12)6-11(9)18-21/h1-6H,7H2,(H2,16,19)(H,17,20). The van der Waals surface area contributed by atoms with Crippen molar-refractivity contribution >= 4 is 23.2 Å². The van der Waals surface area contributed by atoms with Crippen LogP contribution in [0.2, 0.25) is 0 Å². The molecule has 2 aromatic carbocycles. The highest BCUT2D eigenvalue weighted by atomic mass is 16.7. The van der Waals surface area contributed by atoms with Gasteiger partial charge in [0.15, 0.2) is 11.5 Å². The SMILES string of the molecule is NC(=O)c1ccccc1NC(=O)c1cc2c(cc1N=O)OCO2. The van der Waals surface area contributed by atoms with Gasteiger partial charge in [-0.15, -0.1) is 4.91 Å². The second-order valence-electron chi connectivity index (χ2n) is 4.68. The van der Waals surface area contributed by atoms with E-state index in [1.54, 1.807) is 12.1 Å². The van der Waals surface area contributed by atoms with Crippen molar-refractivity contribution in [1.82, 2.24) is 0 Å². The van der Waals surface area contributed by atoms with Crippen LogP contribution in [0.25, 0.3) is 0 Å². The molecule has 0 unspecified atom stereocenters. The molecule has 0 aromatic heterocycles. The number of nitrogens with one attached hydrogen (secondary N) is 1. The van der Waals surface area contributed by atoms with Crippen LogP contribution in [0.15, 0.2) is 41.6 Å². The van der Waals surface area contributed by atoms with Crippen molar-refractivity contribution in [2.45, 2.75) is 0 Å². The molecule has 1 aliphatic rings. The van der Waals surface area contributed by atoms with E-state index in [1.165, 1.54) is 24.3 Å². The second kappa shape index (κ2) is 5.76. The number of hydrogen-bond acceptors (Lipinski definition) is 6. The van der Waals surface area contributed by atoms with Crippen LogP contribution in [0, 0.1) is 4.91 Å². The molecule has 3 rings (SSSR count). The van der Waals surface area contributed by atoms with Gasteiger partial charge in [-0.05, 0) is 23.4 Å². The molecular formula is C15H11N3O5. The average molecular weight is 313 g/mol. The molecule has 8 heteroatoms. The number of nitroso groups, excluding NO2 is 1. The Labute approximate surface area is 130 Å². The van der Waals surface area contributed by atoms with Crippen molar-refractivity contribution < 1.29 is 19.1 Å². The van der Waals surface area contributed by atoms with Gasteiger partial charge in [0.1, 0.15) is 5.69 Å². The minimum absolute atomic E-state index is 0.00319. The van der Waals surface area contributed by atoms with E-state index in [2.05, 4.69) is 10.5 Å². The monoisotopic (exact) mass is 313 g/mol. The van der Waals surface area contributed by atoms with Crippen LogP contribution in [0.1, 0.15) is 20.7 Å². The first-order valence-electron chi connectivity index (χ1n) is 6.57. The highest BCUT2D eigenvalue weighted by molar-refractivity contribution is 6.11. The van der Waals surface area contributed by atoms with Crippen molar-refractivity contribution in [2.75, 3.05) is 12.1 Å². The lowest BCUT2D eigenvalue weighted by Crippen LogP contribution is -2.18. The third-order valence-corrected chi connectivity index (χ3v) is 3.27. The van der Waals surface area contributed by atoms with Gasteiger partial charge in [0.2, 0.25) is 6.79 Å². The van der Waals surface area contributed by atoms with Crippen LogP contribution < -0.4 is 20.5 Å². The lowest BCUT2D eigenvalue weighted by Gasteiger charge is -2.10. The molecule has 0 atom stereocenters. The molecule has 23 heavy (non-hydrogen) atoms. The lowest BCUT2D eigenvalue weighted by atomic mass is 10.1. The number of carbonyl (C=O) groups is 2. The van der Waals surface area contributed by atoms with Gasteiger partial charge in [0.05, 0.1) is 16.8 Å². The number of rotatable bonds is 4. The van der Waals surface area contributed by atoms with Crippen LogP contribution >= 0.6 is 0 Å². The molecule has 0 bridgehead atoms. The predicted molar refractivity (Wildman–Crippen MR) is 80.9 cm³/mol. The van der Waals surface area contributed by atoms with Crippen LogP contribution in [-0.4, -0.2) is 18.6 Å². The zero-order valence-electron chi connectivity index (χ0n) is 11.7. The van der Waals surface area contributed by atoms with Crippen molar-refractivity contribution in [3.8, 4) is 11.5 Å². The van der Waals surface area contributed by atoms with Gasteiger partial charge >= 0.3 is 0 Å². The summed E-state index contributed by atoms with van der Waals surface area (Å²) in [6, 6.07) is 8.95. The zero-order valence-corrected chi connectivity index (χ0v) is 11.7. The van der Waals surface area contributed by atoms with Gasteiger partial charge in [-0.1, -0.05) is 12.1 Å². The number of hydrogen-bond donors (Lipinski definition) is 2. The fraction of sp³-hybridized carbons (Fsp3) is 0.0667. The number of ether oxygens (including phenoxy) is 2. The number of amides is 2. The van der Waals surface area contributed by atoms with Gasteiger partial charge < -0.3 is 20.5 Å². The van der Waals surface area contributed by atoms with E-state index in [9.17, 15) is 14.5 Å². The predicted octanol–water partition coefficient (Wildman–Crippen LogP) is 2.16. The highest BCUT2D eigenvalue weighted by Gasteiger charge is 2.22. The van der Waals surface area contributed by atoms with Crippen LogP contribution in [0.4, 0.5) is 11.4 Å². The molecular weight excluding hydrogens is 302 g/mol. The summed E-state index contributed by atoms with van der Waals surface area (Å²) in [5.74, 6) is -0.619. The number of anilines is 1. The molecule has 0 saturated carbocycles. The van der Waals surface area contributed by atoms with Gasteiger partial charge in [0.25, 0.3) is 11.8 Å². The first-order valence-corrected chi connectivity index (χ1v) is 6.57. The molecule has 1 aliphatic heterocycles. The van der Waals surface area contributed by atoms with E-state index in [0.29, 0.717) is 11.5 Å². The number of carbonyl (C=O) groups excluding carboxylic acids is 2. The van der Waals surface area contributed by atoms with E-state index < -0.39 is 11.8 Å². The summed E-state index contributed by atoms with van der Waals surface area (Å²) in [4.78, 5) is 34.8. The Balaban J connectivity index is 1.96. The van der Waals surface area contributed by atoms with Gasteiger partial charge in [0, 0.05) is 6.07 Å². The first kappa shape index (κ1) is 14.5. The fourth-order valence-electron chi connectivity index (χ4n) is 2.19. The smallest absolute Gasteiger partial charge is 0.258 e. The van der Waals surface area contributed by atoms with Crippen molar-refractivity contribution in [2.24, 2.45) is 10.9 Å². The molecule has 0 aliphatic carbocycles. The molecule has 1 heterocycles. The number of fused-ring (bicyclic) bond motifs is 1. The normalized spacial score (nSPS) is 11.8. The lowest BCUT2D eigenvalue weighted by molar-refractivity contribution is 0.100. The molecule has 0 spiro atoms. The Morgan fingerprint density at radius 3 is 2.48 bits per heavy atom. The minimum Gasteiger partial charge on any atom is -0.454 e. The Bertz CT molecular complexity index is 819. The topological polar surface area (TPSA) is 120 Å². The average Bonchev–Trinajstić information content (AvgIpc) is 3.01. The van der Waals surface area contributed by atoms with Gasteiger partial charge in [-0.2, -0.15) is 0 Å². The summed E-state index contributed by atoms with van der Waals surface area (Å²) in [6.07, 6.45) is 0. The van der Waals surface area contributed by atoms with Crippen LogP contribution in [0.5, 0.6) is 11.5 Å². The first-order chi connectivity index (χ1) is 11.1. The van der Waals surface area contributed by atoms with Gasteiger partial charge in [-0.25, -0.2) is 0 Å². The molecule has 0 fully saturated rings. The summed E-state index contributed by atoms with van der Waals surface area (Å²) in [7, 11) is 0. The largest absolute Gasteiger partial charge is 0.454 e. The second-order valence-corrected chi connectivity index (χ2v) is 4.68. The summed E-state index contributed by atoms with van der Waals surface area (Å²) in [6.45, 7) is 0.00319. The quantitative estimate of drug-likeness (QED) is 0.838. The maximum absolute atomic E-state index is 12.4. The molecule has 8 nitrogen and oxygen atoms in total. The molecule has 0 radical (unpaired) electrons. The molecule has 0 saturated heterocycles. The minimum atomic E-state index is -0.680.